The minimum absolute atomic E-state index is 0.0458. The van der Waals surface area contributed by atoms with Crippen molar-refractivity contribution in [3.63, 3.8) is 0 Å². The minimum atomic E-state index is -3.84. The number of hydrogen-bond donors (Lipinski definition) is 2. The summed E-state index contributed by atoms with van der Waals surface area (Å²) in [7, 11) is -3.84. The molecule has 0 amide bonds. The Morgan fingerprint density at radius 2 is 2.10 bits per heavy atom. The molecule has 0 saturated heterocycles. The number of benzene rings is 1. The Morgan fingerprint density at radius 3 is 2.65 bits per heavy atom. The van der Waals surface area contributed by atoms with Crippen LogP contribution in [0.4, 0.5) is 4.39 Å². The number of sulfonamides is 1. The topological polar surface area (TPSA) is 72.2 Å². The van der Waals surface area contributed by atoms with Gasteiger partial charge in [0.05, 0.1) is 0 Å². The van der Waals surface area contributed by atoms with Crippen LogP contribution in [0.15, 0.2) is 21.5 Å². The van der Waals surface area contributed by atoms with E-state index in [0.29, 0.717) is 16.9 Å². The van der Waals surface area contributed by atoms with E-state index in [4.69, 9.17) is 5.73 Å². The summed E-state index contributed by atoms with van der Waals surface area (Å²) in [6.07, 6.45) is 4.34. The van der Waals surface area contributed by atoms with Crippen molar-refractivity contribution in [2.24, 2.45) is 11.7 Å². The van der Waals surface area contributed by atoms with Crippen LogP contribution in [0.25, 0.3) is 0 Å². The van der Waals surface area contributed by atoms with Crippen molar-refractivity contribution in [1.82, 2.24) is 4.72 Å². The second-order valence-electron chi connectivity index (χ2n) is 5.06. The molecule has 0 atom stereocenters. The predicted octanol–water partition coefficient (Wildman–Crippen LogP) is 2.52. The van der Waals surface area contributed by atoms with Crippen molar-refractivity contribution in [2.75, 3.05) is 6.54 Å². The van der Waals surface area contributed by atoms with Gasteiger partial charge in [0.2, 0.25) is 10.0 Å². The highest BCUT2D eigenvalue weighted by Crippen LogP contribution is 2.29. The van der Waals surface area contributed by atoms with Crippen LogP contribution in [0.2, 0.25) is 0 Å². The molecule has 0 spiro atoms. The molecule has 1 fully saturated rings. The van der Waals surface area contributed by atoms with Gasteiger partial charge in [0.15, 0.2) is 0 Å². The quantitative estimate of drug-likeness (QED) is 0.814. The van der Waals surface area contributed by atoms with Crippen molar-refractivity contribution in [3.8, 4) is 0 Å². The van der Waals surface area contributed by atoms with Gasteiger partial charge in [-0.15, -0.1) is 0 Å². The third-order valence-electron chi connectivity index (χ3n) is 3.66. The van der Waals surface area contributed by atoms with Crippen LogP contribution in [0.3, 0.4) is 0 Å². The van der Waals surface area contributed by atoms with Crippen molar-refractivity contribution in [1.29, 1.82) is 0 Å². The van der Waals surface area contributed by atoms with E-state index in [0.717, 1.165) is 19.3 Å². The Balaban J connectivity index is 2.13. The van der Waals surface area contributed by atoms with Gasteiger partial charge in [0.25, 0.3) is 0 Å². The average Bonchev–Trinajstić information content (AvgIpc) is 2.34. The first kappa shape index (κ1) is 15.9. The van der Waals surface area contributed by atoms with Gasteiger partial charge in [0, 0.05) is 23.1 Å². The molecule has 1 saturated carbocycles. The van der Waals surface area contributed by atoms with Crippen LogP contribution in [0.1, 0.15) is 31.2 Å². The summed E-state index contributed by atoms with van der Waals surface area (Å²) in [4.78, 5) is -0.346. The van der Waals surface area contributed by atoms with Gasteiger partial charge in [-0.25, -0.2) is 17.5 Å². The molecule has 7 heteroatoms. The van der Waals surface area contributed by atoms with Gasteiger partial charge in [-0.1, -0.05) is 35.2 Å². The van der Waals surface area contributed by atoms with Gasteiger partial charge in [-0.2, -0.15) is 0 Å². The molecule has 0 unspecified atom stereocenters. The molecule has 20 heavy (non-hydrogen) atoms. The lowest BCUT2D eigenvalue weighted by molar-refractivity contribution is 0.297. The molecule has 1 aromatic rings. The van der Waals surface area contributed by atoms with E-state index in [1.165, 1.54) is 18.6 Å². The Morgan fingerprint density at radius 1 is 1.40 bits per heavy atom. The maximum Gasteiger partial charge on any atom is 0.243 e. The minimum Gasteiger partial charge on any atom is -0.326 e. The Kier molecular flexibility index (Phi) is 5.17. The van der Waals surface area contributed by atoms with Crippen molar-refractivity contribution >= 4 is 26.0 Å². The predicted molar refractivity (Wildman–Crippen MR) is 79.1 cm³/mol. The molecular formula is C13H18BrFN2O2S. The van der Waals surface area contributed by atoms with Crippen molar-refractivity contribution in [3.05, 3.63) is 28.0 Å². The Labute approximate surface area is 127 Å². The van der Waals surface area contributed by atoms with Gasteiger partial charge in [0.1, 0.15) is 10.7 Å². The van der Waals surface area contributed by atoms with E-state index in [9.17, 15) is 12.8 Å². The monoisotopic (exact) mass is 364 g/mol. The van der Waals surface area contributed by atoms with Gasteiger partial charge >= 0.3 is 0 Å². The zero-order valence-corrected chi connectivity index (χ0v) is 13.4. The lowest BCUT2D eigenvalue weighted by Crippen LogP contribution is -2.28. The van der Waals surface area contributed by atoms with E-state index in [-0.39, 0.29) is 17.0 Å². The third-order valence-corrected chi connectivity index (χ3v) is 5.58. The second-order valence-corrected chi connectivity index (χ2v) is 7.72. The molecule has 1 aromatic carbocycles. The molecule has 0 bridgehead atoms. The summed E-state index contributed by atoms with van der Waals surface area (Å²) >= 11 is 3.18. The zero-order chi connectivity index (χ0) is 14.8. The fourth-order valence-corrected chi connectivity index (χ4v) is 4.07. The molecular weight excluding hydrogens is 347 g/mol. The fraction of sp³-hybridized carbons (Fsp3) is 0.538. The summed E-state index contributed by atoms with van der Waals surface area (Å²) in [5.74, 6) is -0.170. The maximum absolute atomic E-state index is 14.1. The summed E-state index contributed by atoms with van der Waals surface area (Å²) in [6.45, 7) is 0.298. The third kappa shape index (κ3) is 3.58. The molecule has 112 valence electrons. The highest BCUT2D eigenvalue weighted by molar-refractivity contribution is 9.10. The molecule has 3 N–H and O–H groups in total. The number of rotatable bonds is 6. The molecule has 0 heterocycles. The molecule has 1 aliphatic rings. The molecule has 0 aromatic heterocycles. The van der Waals surface area contributed by atoms with E-state index in [1.54, 1.807) is 0 Å². The van der Waals surface area contributed by atoms with Crippen molar-refractivity contribution in [2.45, 2.75) is 37.1 Å². The van der Waals surface area contributed by atoms with Gasteiger partial charge in [-0.3, -0.25) is 0 Å². The lowest BCUT2D eigenvalue weighted by Gasteiger charge is -2.25. The van der Waals surface area contributed by atoms with Crippen LogP contribution in [0, 0.1) is 11.7 Å². The Hall–Kier alpha value is -0.500. The SMILES string of the molecule is NCc1cc(Br)cc(S(=O)(=O)NCCC2CCC2)c1F. The number of nitrogens with one attached hydrogen (secondary N) is 1. The summed E-state index contributed by atoms with van der Waals surface area (Å²) in [5, 5.41) is 0. The Bertz CT molecular complexity index is 588. The molecule has 1 aliphatic carbocycles. The maximum atomic E-state index is 14.1. The molecule has 4 nitrogen and oxygen atoms in total. The van der Waals surface area contributed by atoms with Gasteiger partial charge < -0.3 is 5.73 Å². The van der Waals surface area contributed by atoms with Crippen LogP contribution >= 0.6 is 15.9 Å². The van der Waals surface area contributed by atoms with E-state index < -0.39 is 15.8 Å². The zero-order valence-electron chi connectivity index (χ0n) is 11.0. The standard InChI is InChI=1S/C13H18BrFN2O2S/c14-11-6-10(8-16)13(15)12(7-11)20(18,19)17-5-4-9-2-1-3-9/h6-7,9,17H,1-5,8,16H2. The van der Waals surface area contributed by atoms with Crippen LogP contribution in [-0.4, -0.2) is 15.0 Å². The van der Waals surface area contributed by atoms with Crippen molar-refractivity contribution < 1.29 is 12.8 Å². The number of hydrogen-bond acceptors (Lipinski definition) is 3. The fourth-order valence-electron chi connectivity index (χ4n) is 2.22. The summed E-state index contributed by atoms with van der Waals surface area (Å²) < 4.78 is 41.4. The summed E-state index contributed by atoms with van der Waals surface area (Å²) in [5.41, 5.74) is 5.60. The van der Waals surface area contributed by atoms with E-state index in [1.807, 2.05) is 0 Å². The highest BCUT2D eigenvalue weighted by Gasteiger charge is 2.23. The van der Waals surface area contributed by atoms with Crippen LogP contribution < -0.4 is 10.5 Å². The second kappa shape index (κ2) is 6.51. The largest absolute Gasteiger partial charge is 0.326 e. The molecule has 2 rings (SSSR count). The number of nitrogens with two attached hydrogens (primary N) is 1. The lowest BCUT2D eigenvalue weighted by atomic mass is 9.83. The first-order chi connectivity index (χ1) is 9.44. The first-order valence-corrected chi connectivity index (χ1v) is 8.89. The molecule has 0 radical (unpaired) electrons. The highest BCUT2D eigenvalue weighted by atomic mass is 79.9. The average molecular weight is 365 g/mol. The van der Waals surface area contributed by atoms with Gasteiger partial charge in [-0.05, 0) is 24.5 Å². The summed E-state index contributed by atoms with van der Waals surface area (Å²) in [6, 6.07) is 2.75. The smallest absolute Gasteiger partial charge is 0.243 e. The van der Waals surface area contributed by atoms with Crippen LogP contribution in [-0.2, 0) is 16.6 Å². The van der Waals surface area contributed by atoms with E-state index in [2.05, 4.69) is 20.7 Å². The first-order valence-electron chi connectivity index (χ1n) is 6.61. The normalized spacial score (nSPS) is 16.1. The number of halogens is 2. The van der Waals surface area contributed by atoms with Crippen LogP contribution in [0.5, 0.6) is 0 Å². The van der Waals surface area contributed by atoms with E-state index >= 15 is 0 Å². The molecule has 0 aliphatic heterocycles.